The van der Waals surface area contributed by atoms with Gasteiger partial charge in [0.05, 0.1) is 6.54 Å². The maximum Gasteiger partial charge on any atom is 0.255 e. The number of hydrogen-bond donors (Lipinski definition) is 1. The van der Waals surface area contributed by atoms with Crippen LogP contribution in [0.5, 0.6) is 0 Å². The minimum absolute atomic E-state index is 0.0388. The Balaban J connectivity index is 1.47. The van der Waals surface area contributed by atoms with Crippen molar-refractivity contribution in [2.24, 2.45) is 5.92 Å². The second kappa shape index (κ2) is 8.73. The summed E-state index contributed by atoms with van der Waals surface area (Å²) in [5.41, 5.74) is 1.94. The zero-order valence-corrected chi connectivity index (χ0v) is 18.3. The summed E-state index contributed by atoms with van der Waals surface area (Å²) in [4.78, 5) is 42.0. The molecule has 1 saturated heterocycles. The molecule has 0 radical (unpaired) electrons. The number of likely N-dealkylation sites (tertiary alicyclic amines) is 1. The summed E-state index contributed by atoms with van der Waals surface area (Å²) in [6.07, 6.45) is 1.00. The second-order valence-corrected chi connectivity index (χ2v) is 9.49. The van der Waals surface area contributed by atoms with E-state index in [-0.39, 0.29) is 35.8 Å². The third-order valence-electron chi connectivity index (χ3n) is 5.97. The number of thiophene rings is 1. The van der Waals surface area contributed by atoms with Crippen molar-refractivity contribution in [2.45, 2.75) is 38.9 Å². The van der Waals surface area contributed by atoms with E-state index in [2.05, 4.69) is 27.7 Å². The van der Waals surface area contributed by atoms with Gasteiger partial charge in [-0.05, 0) is 36.9 Å². The predicted molar refractivity (Wildman–Crippen MR) is 116 cm³/mol. The van der Waals surface area contributed by atoms with Crippen LogP contribution >= 0.6 is 11.3 Å². The van der Waals surface area contributed by atoms with E-state index in [1.807, 2.05) is 28.6 Å². The molecule has 4 rings (SSSR count). The monoisotopic (exact) mass is 428 g/mol. The zero-order valence-electron chi connectivity index (χ0n) is 17.5. The average Bonchev–Trinajstić information content (AvgIpc) is 3.21. The molecule has 2 aromatic heterocycles. The van der Waals surface area contributed by atoms with Crippen molar-refractivity contribution in [1.82, 2.24) is 19.7 Å². The highest BCUT2D eigenvalue weighted by Gasteiger charge is 2.36. The molecule has 2 bridgehead atoms. The molecule has 0 saturated carbocycles. The van der Waals surface area contributed by atoms with E-state index in [4.69, 9.17) is 0 Å². The van der Waals surface area contributed by atoms with E-state index < -0.39 is 0 Å². The summed E-state index contributed by atoms with van der Waals surface area (Å²) >= 11 is 1.73. The highest BCUT2D eigenvalue weighted by Crippen LogP contribution is 2.35. The zero-order chi connectivity index (χ0) is 21.3. The number of nitrogens with one attached hydrogen (secondary N) is 1. The van der Waals surface area contributed by atoms with Crippen LogP contribution in [0.4, 0.5) is 0 Å². The van der Waals surface area contributed by atoms with Crippen LogP contribution in [-0.2, 0) is 29.2 Å². The molecule has 1 fully saturated rings. The number of amides is 2. The van der Waals surface area contributed by atoms with E-state index in [0.29, 0.717) is 26.2 Å². The molecular formula is C22H28N4O3S. The molecule has 0 unspecified atom stereocenters. The number of carbonyl (C=O) groups is 2. The molecular weight excluding hydrogens is 400 g/mol. The molecule has 4 heterocycles. The fourth-order valence-corrected chi connectivity index (χ4v) is 5.43. The SMILES string of the molecule is CC(=O)NCC(=O)N1C[C@@H]2C[C@H](C1)c1ccc(CN(C)Cc3cccs3)c(=O)n1C2. The third-order valence-corrected chi connectivity index (χ3v) is 6.83. The highest BCUT2D eigenvalue weighted by molar-refractivity contribution is 7.09. The van der Waals surface area contributed by atoms with E-state index in [9.17, 15) is 14.4 Å². The van der Waals surface area contributed by atoms with Gasteiger partial charge in [0.25, 0.3) is 5.56 Å². The Bertz CT molecular complexity index is 985. The molecule has 2 aliphatic rings. The molecule has 160 valence electrons. The third kappa shape index (κ3) is 4.49. The molecule has 30 heavy (non-hydrogen) atoms. The van der Waals surface area contributed by atoms with Gasteiger partial charge in [-0.25, -0.2) is 0 Å². The lowest BCUT2D eigenvalue weighted by Crippen LogP contribution is -2.51. The maximum absolute atomic E-state index is 13.2. The number of rotatable bonds is 6. The lowest BCUT2D eigenvalue weighted by atomic mass is 9.83. The van der Waals surface area contributed by atoms with Crippen LogP contribution in [0.15, 0.2) is 34.4 Å². The number of hydrogen-bond acceptors (Lipinski definition) is 5. The van der Waals surface area contributed by atoms with Crippen LogP contribution < -0.4 is 10.9 Å². The van der Waals surface area contributed by atoms with Crippen LogP contribution in [-0.4, -0.2) is 52.9 Å². The smallest absolute Gasteiger partial charge is 0.255 e. The van der Waals surface area contributed by atoms with Crippen molar-refractivity contribution in [2.75, 3.05) is 26.7 Å². The van der Waals surface area contributed by atoms with Gasteiger partial charge in [0.1, 0.15) is 0 Å². The number of piperidine rings is 1. The van der Waals surface area contributed by atoms with Crippen LogP contribution in [0.25, 0.3) is 0 Å². The van der Waals surface area contributed by atoms with Gasteiger partial charge in [-0.2, -0.15) is 0 Å². The van der Waals surface area contributed by atoms with E-state index in [0.717, 1.165) is 24.2 Å². The summed E-state index contributed by atoms with van der Waals surface area (Å²) in [7, 11) is 2.04. The van der Waals surface area contributed by atoms with Crippen molar-refractivity contribution in [3.63, 3.8) is 0 Å². The van der Waals surface area contributed by atoms with Crippen LogP contribution in [0, 0.1) is 5.92 Å². The normalized spacial score (nSPS) is 20.2. The van der Waals surface area contributed by atoms with Crippen molar-refractivity contribution in [3.05, 3.63) is 56.1 Å². The Kier molecular flexibility index (Phi) is 6.06. The number of pyridine rings is 1. The number of carbonyl (C=O) groups excluding carboxylic acids is 2. The first-order valence-corrected chi connectivity index (χ1v) is 11.2. The molecule has 2 aromatic rings. The molecule has 1 N–H and O–H groups in total. The van der Waals surface area contributed by atoms with Gasteiger partial charge >= 0.3 is 0 Å². The van der Waals surface area contributed by atoms with Crippen molar-refractivity contribution in [1.29, 1.82) is 0 Å². The van der Waals surface area contributed by atoms with Gasteiger partial charge in [-0.3, -0.25) is 19.3 Å². The van der Waals surface area contributed by atoms with Gasteiger partial charge in [-0.15, -0.1) is 11.3 Å². The van der Waals surface area contributed by atoms with Crippen LogP contribution in [0.3, 0.4) is 0 Å². The lowest BCUT2D eigenvalue weighted by Gasteiger charge is -2.43. The van der Waals surface area contributed by atoms with Crippen molar-refractivity contribution < 1.29 is 9.59 Å². The van der Waals surface area contributed by atoms with Gasteiger partial charge in [-0.1, -0.05) is 12.1 Å². The summed E-state index contributed by atoms with van der Waals surface area (Å²) in [6.45, 7) is 4.79. The maximum atomic E-state index is 13.2. The number of aromatic nitrogens is 1. The lowest BCUT2D eigenvalue weighted by molar-refractivity contribution is -0.134. The molecule has 2 atom stereocenters. The van der Waals surface area contributed by atoms with Crippen LogP contribution in [0.2, 0.25) is 0 Å². The molecule has 8 heteroatoms. The van der Waals surface area contributed by atoms with E-state index >= 15 is 0 Å². The molecule has 0 spiro atoms. The molecule has 0 aliphatic carbocycles. The highest BCUT2D eigenvalue weighted by atomic mass is 32.1. The molecule has 0 aromatic carbocycles. The molecule has 7 nitrogen and oxygen atoms in total. The first-order valence-electron chi connectivity index (χ1n) is 10.4. The summed E-state index contributed by atoms with van der Waals surface area (Å²) < 4.78 is 1.93. The first kappa shape index (κ1) is 20.8. The van der Waals surface area contributed by atoms with Crippen molar-refractivity contribution in [3.8, 4) is 0 Å². The van der Waals surface area contributed by atoms with Gasteiger partial charge in [0.2, 0.25) is 11.8 Å². The Hall–Kier alpha value is -2.45. The minimum atomic E-state index is -0.200. The quantitative estimate of drug-likeness (QED) is 0.759. The average molecular weight is 429 g/mol. The van der Waals surface area contributed by atoms with Crippen LogP contribution in [0.1, 0.15) is 35.4 Å². The fourth-order valence-electron chi connectivity index (χ4n) is 4.64. The minimum Gasteiger partial charge on any atom is -0.347 e. The summed E-state index contributed by atoms with van der Waals surface area (Å²) in [5.74, 6) is 0.190. The second-order valence-electron chi connectivity index (χ2n) is 8.46. The fraction of sp³-hybridized carbons (Fsp3) is 0.500. The first-order chi connectivity index (χ1) is 14.4. The Morgan fingerprint density at radius 1 is 1.20 bits per heavy atom. The Labute approximate surface area is 180 Å². The largest absolute Gasteiger partial charge is 0.347 e. The predicted octanol–water partition coefficient (Wildman–Crippen LogP) is 1.62. The van der Waals surface area contributed by atoms with Gasteiger partial charge in [0.15, 0.2) is 0 Å². The Morgan fingerprint density at radius 3 is 2.77 bits per heavy atom. The van der Waals surface area contributed by atoms with Gasteiger partial charge < -0.3 is 14.8 Å². The standard InChI is InChI=1S/C22H28N4O3S/c1-15(27)23-9-21(28)25-10-16-8-18(13-25)20-6-5-17(22(29)26(20)11-16)12-24(2)14-19-4-3-7-30-19/h3-7,16,18H,8-14H2,1-2H3,(H,23,27)/t16-,18+/m0/s1. The summed E-state index contributed by atoms with van der Waals surface area (Å²) in [5, 5.41) is 4.66. The topological polar surface area (TPSA) is 74.7 Å². The van der Waals surface area contributed by atoms with E-state index in [1.165, 1.54) is 11.8 Å². The van der Waals surface area contributed by atoms with Crippen molar-refractivity contribution >= 4 is 23.2 Å². The van der Waals surface area contributed by atoms with E-state index in [1.54, 1.807) is 11.3 Å². The number of nitrogens with zero attached hydrogens (tertiary/aromatic N) is 3. The summed E-state index contributed by atoms with van der Waals surface area (Å²) in [6, 6.07) is 8.18. The molecule has 2 aliphatic heterocycles. The Morgan fingerprint density at radius 2 is 2.03 bits per heavy atom. The van der Waals surface area contributed by atoms with Gasteiger partial charge in [0, 0.05) is 61.7 Å². The molecule has 2 amide bonds. The number of fused-ring (bicyclic) bond motifs is 4.